The fraction of sp³-hybridized carbons (Fsp3) is 0.200. The van der Waals surface area contributed by atoms with Crippen molar-refractivity contribution in [3.63, 3.8) is 0 Å². The summed E-state index contributed by atoms with van der Waals surface area (Å²) in [4.78, 5) is 27.6. The molecule has 2 heterocycles. The highest BCUT2D eigenvalue weighted by Gasteiger charge is 2.26. The lowest BCUT2D eigenvalue weighted by atomic mass is 9.89. The standard InChI is InChI=1S/C20H19N3O2/c24-19(22-16-6-7-17-14(12-16)9-10-21-17)8-5-15-11-13-3-1-2-4-18(13)23-20(15)25/h1-4,6-7,9-10,12,15,21H,5,8,11H2,(H,22,24)(H,23,25)/t15-/m1/s1. The lowest BCUT2D eigenvalue weighted by molar-refractivity contribution is -0.121. The molecule has 0 unspecified atom stereocenters. The van der Waals surface area contributed by atoms with Crippen LogP contribution in [0.15, 0.2) is 54.7 Å². The first-order chi connectivity index (χ1) is 12.2. The Labute approximate surface area is 145 Å². The number of carbonyl (C=O) groups excluding carboxylic acids is 2. The Morgan fingerprint density at radius 1 is 1.16 bits per heavy atom. The highest BCUT2D eigenvalue weighted by molar-refractivity contribution is 5.97. The van der Waals surface area contributed by atoms with Crippen LogP contribution >= 0.6 is 0 Å². The predicted octanol–water partition coefficient (Wildman–Crippen LogP) is 3.70. The fourth-order valence-corrected chi connectivity index (χ4v) is 3.31. The Hall–Kier alpha value is -3.08. The lowest BCUT2D eigenvalue weighted by Crippen LogP contribution is -2.30. The second kappa shape index (κ2) is 6.43. The molecular weight excluding hydrogens is 314 g/mol. The third-order valence-electron chi connectivity index (χ3n) is 4.67. The maximum Gasteiger partial charge on any atom is 0.227 e. The maximum atomic E-state index is 12.2. The van der Waals surface area contributed by atoms with Gasteiger partial charge in [0.05, 0.1) is 0 Å². The summed E-state index contributed by atoms with van der Waals surface area (Å²) >= 11 is 0. The maximum absolute atomic E-state index is 12.2. The van der Waals surface area contributed by atoms with Crippen LogP contribution in [0.25, 0.3) is 10.9 Å². The van der Waals surface area contributed by atoms with Crippen LogP contribution in [0.5, 0.6) is 0 Å². The number of aromatic nitrogens is 1. The Morgan fingerprint density at radius 3 is 2.96 bits per heavy atom. The van der Waals surface area contributed by atoms with Crippen LogP contribution in [0.3, 0.4) is 0 Å². The smallest absolute Gasteiger partial charge is 0.227 e. The van der Waals surface area contributed by atoms with Crippen molar-refractivity contribution >= 4 is 34.1 Å². The summed E-state index contributed by atoms with van der Waals surface area (Å²) in [5.41, 5.74) is 3.82. The summed E-state index contributed by atoms with van der Waals surface area (Å²) < 4.78 is 0. The zero-order valence-electron chi connectivity index (χ0n) is 13.7. The van der Waals surface area contributed by atoms with Gasteiger partial charge in [-0.05, 0) is 48.7 Å². The van der Waals surface area contributed by atoms with E-state index in [0.29, 0.717) is 19.3 Å². The summed E-state index contributed by atoms with van der Waals surface area (Å²) in [5.74, 6) is -0.227. The van der Waals surface area contributed by atoms with Crippen LogP contribution in [-0.4, -0.2) is 16.8 Å². The minimum atomic E-state index is -0.159. The summed E-state index contributed by atoms with van der Waals surface area (Å²) in [5, 5.41) is 6.90. The van der Waals surface area contributed by atoms with Gasteiger partial charge in [0.25, 0.3) is 0 Å². The number of carbonyl (C=O) groups is 2. The molecule has 0 spiro atoms. The molecular formula is C20H19N3O2. The number of benzene rings is 2. The summed E-state index contributed by atoms with van der Waals surface area (Å²) in [6.07, 6.45) is 3.42. The van der Waals surface area contributed by atoms with Crippen molar-refractivity contribution in [3.05, 3.63) is 60.3 Å². The van der Waals surface area contributed by atoms with Gasteiger partial charge in [0.2, 0.25) is 11.8 Å². The molecule has 0 saturated carbocycles. The van der Waals surface area contributed by atoms with Gasteiger partial charge >= 0.3 is 0 Å². The number of hydrogen-bond donors (Lipinski definition) is 3. The summed E-state index contributed by atoms with van der Waals surface area (Å²) in [7, 11) is 0. The first kappa shape index (κ1) is 15.4. The van der Waals surface area contributed by atoms with Crippen molar-refractivity contribution < 1.29 is 9.59 Å². The Morgan fingerprint density at radius 2 is 2.04 bits per heavy atom. The Bertz CT molecular complexity index is 945. The van der Waals surface area contributed by atoms with Crippen molar-refractivity contribution in [2.75, 3.05) is 10.6 Å². The molecule has 5 nitrogen and oxygen atoms in total. The molecule has 5 heteroatoms. The molecule has 1 aromatic heterocycles. The first-order valence-electron chi connectivity index (χ1n) is 8.45. The van der Waals surface area contributed by atoms with Gasteiger partial charge in [-0.25, -0.2) is 0 Å². The van der Waals surface area contributed by atoms with Crippen LogP contribution in [0.1, 0.15) is 18.4 Å². The van der Waals surface area contributed by atoms with Crippen LogP contribution in [0.4, 0.5) is 11.4 Å². The second-order valence-electron chi connectivity index (χ2n) is 6.41. The van der Waals surface area contributed by atoms with E-state index < -0.39 is 0 Å². The molecule has 1 aliphatic rings. The molecule has 0 aliphatic carbocycles. The van der Waals surface area contributed by atoms with E-state index in [0.717, 1.165) is 27.8 Å². The van der Waals surface area contributed by atoms with Gasteiger partial charge < -0.3 is 15.6 Å². The molecule has 0 saturated heterocycles. The minimum Gasteiger partial charge on any atom is -0.361 e. The van der Waals surface area contributed by atoms with Crippen LogP contribution in [0.2, 0.25) is 0 Å². The van der Waals surface area contributed by atoms with E-state index in [1.54, 1.807) is 0 Å². The average molecular weight is 333 g/mol. The molecule has 0 bridgehead atoms. The molecule has 2 aromatic carbocycles. The van der Waals surface area contributed by atoms with E-state index in [2.05, 4.69) is 15.6 Å². The van der Waals surface area contributed by atoms with Gasteiger partial charge in [0.1, 0.15) is 0 Å². The lowest BCUT2D eigenvalue weighted by Gasteiger charge is -2.24. The van der Waals surface area contributed by atoms with E-state index in [-0.39, 0.29) is 17.7 Å². The zero-order chi connectivity index (χ0) is 17.2. The topological polar surface area (TPSA) is 74.0 Å². The highest BCUT2D eigenvalue weighted by atomic mass is 16.2. The van der Waals surface area contributed by atoms with Gasteiger partial charge in [-0.15, -0.1) is 0 Å². The molecule has 0 fully saturated rings. The predicted molar refractivity (Wildman–Crippen MR) is 98.4 cm³/mol. The Kier molecular flexibility index (Phi) is 3.98. The van der Waals surface area contributed by atoms with E-state index in [1.165, 1.54) is 0 Å². The number of H-pyrrole nitrogens is 1. The van der Waals surface area contributed by atoms with Crippen LogP contribution in [0, 0.1) is 5.92 Å². The number of fused-ring (bicyclic) bond motifs is 2. The zero-order valence-corrected chi connectivity index (χ0v) is 13.7. The third kappa shape index (κ3) is 3.26. The normalized spacial score (nSPS) is 16.3. The molecule has 1 atom stereocenters. The van der Waals surface area contributed by atoms with Gasteiger partial charge in [0.15, 0.2) is 0 Å². The number of para-hydroxylation sites is 1. The molecule has 1 aliphatic heterocycles. The van der Waals surface area contributed by atoms with Gasteiger partial charge in [-0.1, -0.05) is 18.2 Å². The summed E-state index contributed by atoms with van der Waals surface area (Å²) in [6, 6.07) is 15.5. The second-order valence-corrected chi connectivity index (χ2v) is 6.41. The largest absolute Gasteiger partial charge is 0.361 e. The first-order valence-corrected chi connectivity index (χ1v) is 8.45. The van der Waals surface area contributed by atoms with Crippen molar-refractivity contribution in [3.8, 4) is 0 Å². The molecule has 3 aromatic rings. The highest BCUT2D eigenvalue weighted by Crippen LogP contribution is 2.27. The fourth-order valence-electron chi connectivity index (χ4n) is 3.31. The third-order valence-corrected chi connectivity index (χ3v) is 4.67. The number of aromatic amines is 1. The van der Waals surface area contributed by atoms with Crippen molar-refractivity contribution in [2.24, 2.45) is 5.92 Å². The van der Waals surface area contributed by atoms with E-state index >= 15 is 0 Å². The molecule has 4 rings (SSSR count). The number of hydrogen-bond acceptors (Lipinski definition) is 2. The van der Waals surface area contributed by atoms with Crippen LogP contribution in [-0.2, 0) is 16.0 Å². The van der Waals surface area contributed by atoms with Gasteiger partial charge in [-0.2, -0.15) is 0 Å². The van der Waals surface area contributed by atoms with Crippen molar-refractivity contribution in [2.45, 2.75) is 19.3 Å². The molecule has 0 radical (unpaired) electrons. The van der Waals surface area contributed by atoms with Gasteiger partial charge in [-0.3, -0.25) is 9.59 Å². The number of rotatable bonds is 4. The summed E-state index contributed by atoms with van der Waals surface area (Å²) in [6.45, 7) is 0. The molecule has 3 N–H and O–H groups in total. The monoisotopic (exact) mass is 333 g/mol. The van der Waals surface area contributed by atoms with E-state index in [1.807, 2.05) is 54.7 Å². The Balaban J connectivity index is 1.36. The number of anilines is 2. The van der Waals surface area contributed by atoms with Gasteiger partial charge in [0, 0.05) is 40.8 Å². The van der Waals surface area contributed by atoms with E-state index in [9.17, 15) is 9.59 Å². The van der Waals surface area contributed by atoms with E-state index in [4.69, 9.17) is 0 Å². The number of nitrogens with one attached hydrogen (secondary N) is 3. The van der Waals surface area contributed by atoms with Crippen molar-refractivity contribution in [1.82, 2.24) is 4.98 Å². The SMILES string of the molecule is O=C(CC[C@@H]1Cc2ccccc2NC1=O)Nc1ccc2[nH]ccc2c1. The quantitative estimate of drug-likeness (QED) is 0.681. The molecule has 25 heavy (non-hydrogen) atoms. The minimum absolute atomic E-state index is 0.000224. The average Bonchev–Trinajstić information content (AvgIpc) is 3.07. The van der Waals surface area contributed by atoms with Crippen LogP contribution < -0.4 is 10.6 Å². The molecule has 126 valence electrons. The molecule has 2 amide bonds. The number of amides is 2. The van der Waals surface area contributed by atoms with Crippen molar-refractivity contribution in [1.29, 1.82) is 0 Å².